The van der Waals surface area contributed by atoms with Crippen molar-refractivity contribution in [3.63, 3.8) is 0 Å². The minimum absolute atomic E-state index is 0.327. The highest BCUT2D eigenvalue weighted by Gasteiger charge is 2.09. The Morgan fingerprint density at radius 2 is 2.19 bits per heavy atom. The molecule has 88 valence electrons. The molecule has 0 spiro atoms. The molecule has 0 bridgehead atoms. The van der Waals surface area contributed by atoms with E-state index >= 15 is 0 Å². The van der Waals surface area contributed by atoms with E-state index in [-0.39, 0.29) is 0 Å². The molecule has 0 aliphatic rings. The van der Waals surface area contributed by atoms with Gasteiger partial charge in [0.15, 0.2) is 0 Å². The zero-order valence-electron chi connectivity index (χ0n) is 10.1. The summed E-state index contributed by atoms with van der Waals surface area (Å²) in [7, 11) is 0. The molecule has 0 aromatic carbocycles. The van der Waals surface area contributed by atoms with Gasteiger partial charge in [-0.3, -0.25) is 0 Å². The van der Waals surface area contributed by atoms with Gasteiger partial charge >= 0.3 is 0 Å². The van der Waals surface area contributed by atoms with Gasteiger partial charge in [0.1, 0.15) is 10.8 Å². The molecule has 1 rings (SSSR count). The van der Waals surface area contributed by atoms with Crippen LogP contribution < -0.4 is 11.1 Å². The standard InChI is InChI=1S/C12H19N3S/c1-12(2,3)5-7-15-10-8-9(11(13)16)4-6-14-10/h4,6,8H,5,7H2,1-3H3,(H2,13,16)(H,14,15). The Kier molecular flexibility index (Phi) is 4.24. The van der Waals surface area contributed by atoms with Crippen LogP contribution in [0.1, 0.15) is 32.8 Å². The van der Waals surface area contributed by atoms with E-state index in [1.807, 2.05) is 12.1 Å². The van der Waals surface area contributed by atoms with Crippen molar-refractivity contribution in [2.75, 3.05) is 11.9 Å². The van der Waals surface area contributed by atoms with E-state index in [0.717, 1.165) is 24.3 Å². The molecule has 16 heavy (non-hydrogen) atoms. The summed E-state index contributed by atoms with van der Waals surface area (Å²) in [5.74, 6) is 0.828. The molecule has 4 heteroatoms. The van der Waals surface area contributed by atoms with Gasteiger partial charge in [0.2, 0.25) is 0 Å². The van der Waals surface area contributed by atoms with Crippen LogP contribution in [-0.2, 0) is 0 Å². The molecule has 0 fully saturated rings. The Labute approximate surface area is 102 Å². The van der Waals surface area contributed by atoms with Crippen molar-refractivity contribution < 1.29 is 0 Å². The summed E-state index contributed by atoms with van der Waals surface area (Å²) >= 11 is 4.92. The first kappa shape index (κ1) is 12.9. The monoisotopic (exact) mass is 237 g/mol. The predicted octanol–water partition coefficient (Wildman–Crippen LogP) is 2.56. The second-order valence-electron chi connectivity index (χ2n) is 5.03. The Morgan fingerprint density at radius 1 is 1.50 bits per heavy atom. The van der Waals surface area contributed by atoms with Gasteiger partial charge in [-0.2, -0.15) is 0 Å². The molecular weight excluding hydrogens is 218 g/mol. The maximum absolute atomic E-state index is 5.56. The van der Waals surface area contributed by atoms with Crippen LogP contribution in [0.2, 0.25) is 0 Å². The highest BCUT2D eigenvalue weighted by molar-refractivity contribution is 7.80. The molecule has 0 aliphatic carbocycles. The van der Waals surface area contributed by atoms with Crippen LogP contribution >= 0.6 is 12.2 Å². The number of hydrogen-bond acceptors (Lipinski definition) is 3. The zero-order chi connectivity index (χ0) is 12.2. The van der Waals surface area contributed by atoms with Crippen LogP contribution in [0.4, 0.5) is 5.82 Å². The van der Waals surface area contributed by atoms with Crippen LogP contribution in [0.15, 0.2) is 18.3 Å². The van der Waals surface area contributed by atoms with Crippen molar-refractivity contribution in [3.8, 4) is 0 Å². The molecule has 1 heterocycles. The van der Waals surface area contributed by atoms with Crippen molar-refractivity contribution >= 4 is 23.0 Å². The second-order valence-corrected chi connectivity index (χ2v) is 5.47. The van der Waals surface area contributed by atoms with Crippen LogP contribution in [0, 0.1) is 5.41 Å². The Morgan fingerprint density at radius 3 is 2.75 bits per heavy atom. The summed E-state index contributed by atoms with van der Waals surface area (Å²) in [6.07, 6.45) is 2.81. The van der Waals surface area contributed by atoms with Crippen molar-refractivity contribution in [2.24, 2.45) is 11.1 Å². The van der Waals surface area contributed by atoms with Gasteiger partial charge in [-0.25, -0.2) is 4.98 Å². The first-order valence-electron chi connectivity index (χ1n) is 5.38. The number of nitrogens with one attached hydrogen (secondary N) is 1. The Hall–Kier alpha value is -1.16. The Bertz CT molecular complexity index is 369. The van der Waals surface area contributed by atoms with E-state index in [9.17, 15) is 0 Å². The topological polar surface area (TPSA) is 50.9 Å². The van der Waals surface area contributed by atoms with Gasteiger partial charge in [0.25, 0.3) is 0 Å². The van der Waals surface area contributed by atoms with Gasteiger partial charge in [-0.05, 0) is 24.0 Å². The van der Waals surface area contributed by atoms with E-state index in [4.69, 9.17) is 18.0 Å². The van der Waals surface area contributed by atoms with Crippen molar-refractivity contribution in [1.82, 2.24) is 4.98 Å². The summed E-state index contributed by atoms with van der Waals surface area (Å²) in [4.78, 5) is 4.62. The lowest BCUT2D eigenvalue weighted by atomic mass is 9.92. The molecule has 0 unspecified atom stereocenters. The smallest absolute Gasteiger partial charge is 0.126 e. The lowest BCUT2D eigenvalue weighted by molar-refractivity contribution is 0.389. The number of aromatic nitrogens is 1. The fraction of sp³-hybridized carbons (Fsp3) is 0.500. The van der Waals surface area contributed by atoms with Gasteiger partial charge in [-0.1, -0.05) is 33.0 Å². The van der Waals surface area contributed by atoms with E-state index in [1.165, 1.54) is 0 Å². The molecule has 1 aromatic heterocycles. The van der Waals surface area contributed by atoms with Gasteiger partial charge in [0, 0.05) is 18.3 Å². The molecule has 3 nitrogen and oxygen atoms in total. The van der Waals surface area contributed by atoms with Crippen LogP contribution in [0.5, 0.6) is 0 Å². The molecule has 0 atom stereocenters. The largest absolute Gasteiger partial charge is 0.389 e. The lowest BCUT2D eigenvalue weighted by Crippen LogP contribution is -2.14. The first-order chi connectivity index (χ1) is 7.38. The molecule has 0 amide bonds. The Balaban J connectivity index is 2.55. The van der Waals surface area contributed by atoms with Crippen LogP contribution in [-0.4, -0.2) is 16.5 Å². The number of hydrogen-bond donors (Lipinski definition) is 2. The summed E-state index contributed by atoms with van der Waals surface area (Å²) in [5.41, 5.74) is 6.73. The number of thiocarbonyl (C=S) groups is 1. The third-order valence-electron chi connectivity index (χ3n) is 2.23. The molecular formula is C12H19N3S. The van der Waals surface area contributed by atoms with Crippen molar-refractivity contribution in [1.29, 1.82) is 0 Å². The van der Waals surface area contributed by atoms with Crippen molar-refractivity contribution in [3.05, 3.63) is 23.9 Å². The van der Waals surface area contributed by atoms with E-state index in [2.05, 4.69) is 31.1 Å². The third kappa shape index (κ3) is 4.57. The highest BCUT2D eigenvalue weighted by Crippen LogP contribution is 2.18. The van der Waals surface area contributed by atoms with Crippen LogP contribution in [0.3, 0.4) is 0 Å². The quantitative estimate of drug-likeness (QED) is 0.790. The van der Waals surface area contributed by atoms with Gasteiger partial charge < -0.3 is 11.1 Å². The molecule has 1 aromatic rings. The first-order valence-corrected chi connectivity index (χ1v) is 5.79. The van der Waals surface area contributed by atoms with Crippen LogP contribution in [0.25, 0.3) is 0 Å². The van der Waals surface area contributed by atoms with E-state index in [0.29, 0.717) is 10.4 Å². The zero-order valence-corrected chi connectivity index (χ0v) is 10.9. The van der Waals surface area contributed by atoms with Gasteiger partial charge in [-0.15, -0.1) is 0 Å². The third-order valence-corrected chi connectivity index (χ3v) is 2.46. The average molecular weight is 237 g/mol. The summed E-state index contributed by atoms with van der Waals surface area (Å²) < 4.78 is 0. The molecule has 0 saturated heterocycles. The van der Waals surface area contributed by atoms with Gasteiger partial charge in [0.05, 0.1) is 0 Å². The molecule has 0 saturated carbocycles. The minimum Gasteiger partial charge on any atom is -0.389 e. The fourth-order valence-electron chi connectivity index (χ4n) is 1.25. The summed E-state index contributed by atoms with van der Waals surface area (Å²) in [6, 6.07) is 3.70. The minimum atomic E-state index is 0.327. The van der Waals surface area contributed by atoms with E-state index in [1.54, 1.807) is 6.20 Å². The second kappa shape index (κ2) is 5.25. The average Bonchev–Trinajstić information content (AvgIpc) is 2.16. The number of anilines is 1. The number of pyridine rings is 1. The number of rotatable bonds is 4. The predicted molar refractivity (Wildman–Crippen MR) is 72.7 cm³/mol. The summed E-state index contributed by atoms with van der Waals surface area (Å²) in [5, 5.41) is 3.27. The lowest BCUT2D eigenvalue weighted by Gasteiger charge is -2.18. The number of nitrogens with zero attached hydrogens (tertiary/aromatic N) is 1. The number of nitrogens with two attached hydrogens (primary N) is 1. The molecule has 0 radical (unpaired) electrons. The highest BCUT2D eigenvalue weighted by atomic mass is 32.1. The van der Waals surface area contributed by atoms with E-state index < -0.39 is 0 Å². The summed E-state index contributed by atoms with van der Waals surface area (Å²) in [6.45, 7) is 7.55. The fourth-order valence-corrected chi connectivity index (χ4v) is 1.37. The SMILES string of the molecule is CC(C)(C)CCNc1cc(C(N)=S)ccn1. The molecule has 0 aliphatic heterocycles. The normalized spacial score (nSPS) is 11.2. The maximum atomic E-state index is 5.56. The van der Waals surface area contributed by atoms with Crippen molar-refractivity contribution in [2.45, 2.75) is 27.2 Å². The maximum Gasteiger partial charge on any atom is 0.126 e. The molecule has 3 N–H and O–H groups in total.